The molecule has 1 aromatic heterocycles. The first kappa shape index (κ1) is 25.7. The summed E-state index contributed by atoms with van der Waals surface area (Å²) < 4.78 is 68.9. The first-order chi connectivity index (χ1) is 17.1. The molecule has 0 spiro atoms. The van der Waals surface area contributed by atoms with E-state index in [2.05, 4.69) is 4.98 Å². The molecule has 5 nitrogen and oxygen atoms in total. The lowest BCUT2D eigenvalue weighted by atomic mass is 9.65. The molecule has 0 bridgehead atoms. The molecule has 0 aliphatic heterocycles. The molecule has 1 saturated carbocycles. The normalized spacial score (nSPS) is 14.8. The number of hydrogen-bond donors (Lipinski definition) is 0. The van der Waals surface area contributed by atoms with Crippen molar-refractivity contribution in [3.05, 3.63) is 70.9 Å². The topological polar surface area (TPSA) is 61.6 Å². The zero-order valence-electron chi connectivity index (χ0n) is 20.1. The van der Waals surface area contributed by atoms with Crippen molar-refractivity contribution < 1.29 is 36.2 Å². The van der Waals surface area contributed by atoms with Crippen LogP contribution in [0.15, 0.2) is 46.9 Å². The Labute approximate surface area is 206 Å². The molecule has 0 radical (unpaired) electrons. The van der Waals surface area contributed by atoms with Gasteiger partial charge < -0.3 is 13.9 Å². The summed E-state index contributed by atoms with van der Waals surface area (Å²) in [7, 11) is 0. The van der Waals surface area contributed by atoms with Crippen LogP contribution < -0.4 is 4.74 Å². The van der Waals surface area contributed by atoms with Gasteiger partial charge in [-0.25, -0.2) is 9.37 Å². The van der Waals surface area contributed by atoms with Crippen LogP contribution in [0.2, 0.25) is 0 Å². The Morgan fingerprint density at radius 1 is 1.14 bits per heavy atom. The van der Waals surface area contributed by atoms with Crippen molar-refractivity contribution in [2.75, 3.05) is 13.2 Å². The minimum Gasteiger partial charge on any atom is -0.493 e. The molecule has 0 unspecified atom stereocenters. The predicted molar refractivity (Wildman–Crippen MR) is 124 cm³/mol. The van der Waals surface area contributed by atoms with Crippen molar-refractivity contribution in [1.29, 1.82) is 0 Å². The van der Waals surface area contributed by atoms with E-state index < -0.39 is 23.0 Å². The average molecular weight is 506 g/mol. The van der Waals surface area contributed by atoms with Gasteiger partial charge in [0.1, 0.15) is 17.3 Å². The molecule has 0 amide bonds. The van der Waals surface area contributed by atoms with Gasteiger partial charge in [0.25, 0.3) is 0 Å². The van der Waals surface area contributed by atoms with Gasteiger partial charge >= 0.3 is 12.1 Å². The number of aromatic nitrogens is 1. The summed E-state index contributed by atoms with van der Waals surface area (Å²) in [6, 6.07) is 10.1. The Bertz CT molecular complexity index is 1210. The second-order valence-electron chi connectivity index (χ2n) is 8.99. The molecule has 4 rings (SSSR count). The van der Waals surface area contributed by atoms with Crippen LogP contribution in [-0.2, 0) is 28.5 Å². The lowest BCUT2D eigenvalue weighted by Crippen LogP contribution is -2.41. The van der Waals surface area contributed by atoms with Gasteiger partial charge in [0.05, 0.1) is 29.9 Å². The number of benzene rings is 2. The fraction of sp³-hybridized carbons (Fsp3) is 0.407. The number of oxazole rings is 1. The minimum atomic E-state index is -4.77. The summed E-state index contributed by atoms with van der Waals surface area (Å²) in [5.41, 5.74) is -0.0215. The highest BCUT2D eigenvalue weighted by molar-refractivity contribution is 5.78. The number of hydrogen-bond acceptors (Lipinski definition) is 5. The van der Waals surface area contributed by atoms with Gasteiger partial charge in [-0.2, -0.15) is 13.2 Å². The molecular formula is C27H27F4NO4. The van der Waals surface area contributed by atoms with Crippen LogP contribution in [0.1, 0.15) is 48.8 Å². The molecule has 0 N–H and O–H groups in total. The molecule has 1 aliphatic carbocycles. The Morgan fingerprint density at radius 2 is 1.86 bits per heavy atom. The SMILES string of the molecule is CCOC(=O)C1(Cc2ccc(OCCc3nc(-c4ccc(C(F)(F)F)c(F)c4)oc3C)cc2)CCC1. The lowest BCUT2D eigenvalue weighted by molar-refractivity contribution is -0.161. The van der Waals surface area contributed by atoms with Gasteiger partial charge in [-0.15, -0.1) is 0 Å². The molecule has 3 aromatic rings. The number of aryl methyl sites for hydroxylation is 1. The third kappa shape index (κ3) is 5.55. The Kier molecular flexibility index (Phi) is 7.38. The molecule has 1 fully saturated rings. The molecule has 1 aliphatic rings. The second-order valence-corrected chi connectivity index (χ2v) is 8.99. The van der Waals surface area contributed by atoms with Crippen LogP contribution in [0.3, 0.4) is 0 Å². The van der Waals surface area contributed by atoms with Gasteiger partial charge in [0.2, 0.25) is 5.89 Å². The number of alkyl halides is 3. The fourth-order valence-electron chi connectivity index (χ4n) is 4.36. The van der Waals surface area contributed by atoms with Gasteiger partial charge in [-0.3, -0.25) is 4.79 Å². The Hall–Kier alpha value is -3.36. The highest BCUT2D eigenvalue weighted by atomic mass is 19.4. The van der Waals surface area contributed by atoms with Crippen LogP contribution in [0.25, 0.3) is 11.5 Å². The summed E-state index contributed by atoms with van der Waals surface area (Å²) in [6.45, 7) is 4.16. The first-order valence-electron chi connectivity index (χ1n) is 11.8. The molecule has 2 aromatic carbocycles. The van der Waals surface area contributed by atoms with Crippen LogP contribution in [0, 0.1) is 18.2 Å². The Morgan fingerprint density at radius 3 is 2.44 bits per heavy atom. The van der Waals surface area contributed by atoms with Crippen LogP contribution >= 0.6 is 0 Å². The number of ether oxygens (including phenoxy) is 2. The largest absolute Gasteiger partial charge is 0.493 e. The van der Waals surface area contributed by atoms with E-state index in [9.17, 15) is 22.4 Å². The van der Waals surface area contributed by atoms with Crippen LogP contribution in [0.5, 0.6) is 5.75 Å². The molecule has 9 heteroatoms. The number of halogens is 4. The van der Waals surface area contributed by atoms with Crippen molar-refractivity contribution in [2.24, 2.45) is 5.41 Å². The van der Waals surface area contributed by atoms with E-state index in [1.165, 1.54) is 0 Å². The highest BCUT2D eigenvalue weighted by Gasteiger charge is 2.45. The van der Waals surface area contributed by atoms with E-state index in [1.807, 2.05) is 31.2 Å². The van der Waals surface area contributed by atoms with Gasteiger partial charge in [0.15, 0.2) is 0 Å². The van der Waals surface area contributed by atoms with Gasteiger partial charge in [0, 0.05) is 12.0 Å². The molecule has 36 heavy (non-hydrogen) atoms. The molecule has 0 saturated heterocycles. The summed E-state index contributed by atoms with van der Waals surface area (Å²) in [5, 5.41) is 0. The van der Waals surface area contributed by atoms with Crippen molar-refractivity contribution in [1.82, 2.24) is 4.98 Å². The fourth-order valence-corrected chi connectivity index (χ4v) is 4.36. The third-order valence-corrected chi connectivity index (χ3v) is 6.51. The standard InChI is InChI=1S/C27H27F4NO4/c1-3-34-25(33)26(12-4-13-26)16-18-5-8-20(9-6-18)35-14-11-23-17(2)36-24(32-23)19-7-10-21(22(28)15-19)27(29,30)31/h5-10,15H,3-4,11-14,16H2,1-2H3. The maximum absolute atomic E-state index is 13.9. The van der Waals surface area contributed by atoms with E-state index >= 15 is 0 Å². The monoisotopic (exact) mass is 505 g/mol. The number of carbonyl (C=O) groups excluding carboxylic acids is 1. The van der Waals surface area contributed by atoms with Crippen LogP contribution in [0.4, 0.5) is 17.6 Å². The first-order valence-corrected chi connectivity index (χ1v) is 11.8. The summed E-state index contributed by atoms with van der Waals surface area (Å²) >= 11 is 0. The Balaban J connectivity index is 1.34. The molecular weight excluding hydrogens is 478 g/mol. The number of esters is 1. The maximum atomic E-state index is 13.9. The predicted octanol–water partition coefficient (Wildman–Crippen LogP) is 6.71. The lowest BCUT2D eigenvalue weighted by Gasteiger charge is -2.39. The van der Waals surface area contributed by atoms with Crippen LogP contribution in [-0.4, -0.2) is 24.2 Å². The summed E-state index contributed by atoms with van der Waals surface area (Å²) in [4.78, 5) is 16.7. The number of rotatable bonds is 9. The number of carbonyl (C=O) groups is 1. The van der Waals surface area contributed by atoms with Gasteiger partial charge in [-0.1, -0.05) is 18.6 Å². The van der Waals surface area contributed by atoms with Crippen molar-refractivity contribution in [3.8, 4) is 17.2 Å². The average Bonchev–Trinajstić information content (AvgIpc) is 3.17. The molecule has 0 atom stereocenters. The smallest absolute Gasteiger partial charge is 0.419 e. The van der Waals surface area contributed by atoms with E-state index in [0.29, 0.717) is 49.3 Å². The summed E-state index contributed by atoms with van der Waals surface area (Å²) in [6.07, 6.45) is -1.04. The van der Waals surface area contributed by atoms with Gasteiger partial charge in [-0.05, 0) is 69.0 Å². The van der Waals surface area contributed by atoms with E-state index in [0.717, 1.165) is 37.0 Å². The van der Waals surface area contributed by atoms with Crippen molar-refractivity contribution >= 4 is 5.97 Å². The maximum Gasteiger partial charge on any atom is 0.419 e. The second kappa shape index (κ2) is 10.3. The van der Waals surface area contributed by atoms with Crippen molar-refractivity contribution in [2.45, 2.75) is 52.1 Å². The van der Waals surface area contributed by atoms with Crippen molar-refractivity contribution in [3.63, 3.8) is 0 Å². The zero-order valence-corrected chi connectivity index (χ0v) is 20.1. The number of nitrogens with zero attached hydrogens (tertiary/aromatic N) is 1. The van der Waals surface area contributed by atoms with E-state index in [-0.39, 0.29) is 17.4 Å². The van der Waals surface area contributed by atoms with E-state index in [4.69, 9.17) is 13.9 Å². The summed E-state index contributed by atoms with van der Waals surface area (Å²) in [5.74, 6) is -0.323. The molecule has 192 valence electrons. The quantitative estimate of drug-likeness (QED) is 0.239. The van der Waals surface area contributed by atoms with E-state index in [1.54, 1.807) is 6.92 Å². The minimum absolute atomic E-state index is 0.0472. The highest BCUT2D eigenvalue weighted by Crippen LogP contribution is 2.45. The zero-order chi connectivity index (χ0) is 25.9. The molecule has 1 heterocycles. The third-order valence-electron chi connectivity index (χ3n) is 6.51.